The van der Waals surface area contributed by atoms with Gasteiger partial charge in [0.15, 0.2) is 11.5 Å². The predicted molar refractivity (Wildman–Crippen MR) is 135 cm³/mol. The molecule has 11 heteroatoms. The fourth-order valence-electron chi connectivity index (χ4n) is 4.25. The van der Waals surface area contributed by atoms with Crippen LogP contribution < -0.4 is 16.0 Å². The zero-order chi connectivity index (χ0) is 24.4. The summed E-state index contributed by atoms with van der Waals surface area (Å²) in [5.41, 5.74) is 8.34. The molecule has 1 fully saturated rings. The summed E-state index contributed by atoms with van der Waals surface area (Å²) in [6.07, 6.45) is 4.83. The van der Waals surface area contributed by atoms with Gasteiger partial charge in [-0.15, -0.1) is 5.10 Å². The van der Waals surface area contributed by atoms with Crippen LogP contribution in [-0.2, 0) is 4.74 Å². The zero-order valence-electron chi connectivity index (χ0n) is 19.3. The van der Waals surface area contributed by atoms with Gasteiger partial charge >= 0.3 is 0 Å². The molecule has 0 radical (unpaired) electrons. The van der Waals surface area contributed by atoms with Gasteiger partial charge in [0, 0.05) is 47.5 Å². The van der Waals surface area contributed by atoms with E-state index in [9.17, 15) is 8.78 Å². The van der Waals surface area contributed by atoms with E-state index >= 15 is 0 Å². The largest absolute Gasteiger partial charge is 0.382 e. The van der Waals surface area contributed by atoms with Gasteiger partial charge in [-0.2, -0.15) is 4.98 Å². The van der Waals surface area contributed by atoms with Crippen molar-refractivity contribution in [2.75, 3.05) is 42.3 Å². The molecule has 4 heterocycles. The van der Waals surface area contributed by atoms with Crippen LogP contribution in [0.1, 0.15) is 35.7 Å². The average molecular weight is 487 g/mol. The second kappa shape index (κ2) is 9.79. The first-order valence-electron chi connectivity index (χ1n) is 11.6. The summed E-state index contributed by atoms with van der Waals surface area (Å²) >= 11 is 0. The number of morpholine rings is 1. The number of halogens is 2. The summed E-state index contributed by atoms with van der Waals surface area (Å²) in [7, 11) is 0. The minimum absolute atomic E-state index is 0. The summed E-state index contributed by atoms with van der Waals surface area (Å²) < 4.78 is 35.3. The van der Waals surface area contributed by atoms with E-state index in [1.165, 1.54) is 12.1 Å². The molecule has 1 saturated heterocycles. The Bertz CT molecular complexity index is 1350. The first-order chi connectivity index (χ1) is 17.0. The molecule has 1 atom stereocenters. The van der Waals surface area contributed by atoms with Crippen LogP contribution >= 0.6 is 0 Å². The first-order valence-corrected chi connectivity index (χ1v) is 11.6. The van der Waals surface area contributed by atoms with Gasteiger partial charge in [0.05, 0.1) is 30.5 Å². The van der Waals surface area contributed by atoms with E-state index in [-0.39, 0.29) is 10.1 Å². The predicted octanol–water partition coefficient (Wildman–Crippen LogP) is 4.57. The molecular formula is C24H32F2N8O. The van der Waals surface area contributed by atoms with E-state index < -0.39 is 17.7 Å². The van der Waals surface area contributed by atoms with Crippen molar-refractivity contribution in [3.05, 3.63) is 59.9 Å². The number of hydrogen-bond donors (Lipinski definition) is 2. The summed E-state index contributed by atoms with van der Waals surface area (Å²) in [6, 6.07) is 6.74. The third-order valence-electron chi connectivity index (χ3n) is 5.92. The highest BCUT2D eigenvalue weighted by Crippen LogP contribution is 2.33. The van der Waals surface area contributed by atoms with Gasteiger partial charge in [0.25, 0.3) is 0 Å². The summed E-state index contributed by atoms with van der Waals surface area (Å²) in [4.78, 5) is 16.0. The van der Waals surface area contributed by atoms with Crippen molar-refractivity contribution >= 4 is 23.2 Å². The zero-order valence-corrected chi connectivity index (χ0v) is 19.3. The molecule has 5 rings (SSSR count). The minimum atomic E-state index is -0.614. The molecule has 0 aliphatic carbocycles. The lowest BCUT2D eigenvalue weighted by Crippen LogP contribution is -2.37. The molecule has 0 bridgehead atoms. The SMILES string of the molecule is CCC[C@H](Nc1cc(-c2c(N)nn3cccnc23)nc(N2CCOCC2)n1)c1ccc(F)cc1F.[HH].[HH].[HH]. The molecule has 4 aromatic rings. The maximum atomic E-state index is 14.7. The van der Waals surface area contributed by atoms with Gasteiger partial charge in [-0.25, -0.2) is 23.3 Å². The van der Waals surface area contributed by atoms with E-state index in [1.54, 1.807) is 29.0 Å². The van der Waals surface area contributed by atoms with Gasteiger partial charge in [-0.3, -0.25) is 0 Å². The molecule has 35 heavy (non-hydrogen) atoms. The lowest BCUT2D eigenvalue weighted by Gasteiger charge is -2.28. The van der Waals surface area contributed by atoms with E-state index in [0.717, 1.165) is 12.5 Å². The molecule has 1 aromatic carbocycles. The highest BCUT2D eigenvalue weighted by molar-refractivity contribution is 5.85. The number of nitrogens with one attached hydrogen (secondary N) is 1. The Morgan fingerprint density at radius 3 is 2.80 bits per heavy atom. The molecule has 0 unspecified atom stereocenters. The number of rotatable bonds is 7. The van der Waals surface area contributed by atoms with Crippen LogP contribution in [0.4, 0.5) is 26.4 Å². The summed E-state index contributed by atoms with van der Waals surface area (Å²) in [6.45, 7) is 4.41. The third-order valence-corrected chi connectivity index (χ3v) is 5.92. The van der Waals surface area contributed by atoms with Crippen molar-refractivity contribution < 1.29 is 17.8 Å². The lowest BCUT2D eigenvalue weighted by atomic mass is 10.0. The highest BCUT2D eigenvalue weighted by atomic mass is 19.1. The van der Waals surface area contributed by atoms with Crippen LogP contribution in [0.3, 0.4) is 0 Å². The van der Waals surface area contributed by atoms with Crippen LogP contribution in [0.2, 0.25) is 0 Å². The Balaban J connectivity index is 0.00000169. The third kappa shape index (κ3) is 4.72. The van der Waals surface area contributed by atoms with Gasteiger partial charge in [0.1, 0.15) is 17.5 Å². The van der Waals surface area contributed by atoms with Crippen LogP contribution in [0.5, 0.6) is 0 Å². The highest BCUT2D eigenvalue weighted by Gasteiger charge is 2.22. The average Bonchev–Trinajstić information content (AvgIpc) is 3.20. The van der Waals surface area contributed by atoms with Crippen molar-refractivity contribution in [2.24, 2.45) is 0 Å². The Morgan fingerprint density at radius 1 is 1.20 bits per heavy atom. The molecule has 188 valence electrons. The fraction of sp³-hybridized carbons (Fsp3) is 0.333. The first kappa shape index (κ1) is 22.9. The quantitative estimate of drug-likeness (QED) is 0.391. The minimum Gasteiger partial charge on any atom is -0.382 e. The number of fused-ring (bicyclic) bond motifs is 1. The Hall–Kier alpha value is -3.86. The number of anilines is 3. The van der Waals surface area contributed by atoms with Crippen LogP contribution in [0, 0.1) is 11.6 Å². The smallest absolute Gasteiger partial charge is 0.228 e. The molecule has 1 aliphatic rings. The Morgan fingerprint density at radius 2 is 2.03 bits per heavy atom. The lowest BCUT2D eigenvalue weighted by molar-refractivity contribution is 0.122. The van der Waals surface area contributed by atoms with Crippen LogP contribution in [0.25, 0.3) is 16.9 Å². The van der Waals surface area contributed by atoms with Crippen molar-refractivity contribution in [3.8, 4) is 11.3 Å². The molecule has 1 aliphatic heterocycles. The summed E-state index contributed by atoms with van der Waals surface area (Å²) in [5, 5.41) is 7.70. The number of hydrogen-bond acceptors (Lipinski definition) is 8. The van der Waals surface area contributed by atoms with Crippen molar-refractivity contribution in [1.29, 1.82) is 0 Å². The van der Waals surface area contributed by atoms with Gasteiger partial charge in [-0.05, 0) is 18.6 Å². The molecule has 3 N–H and O–H groups in total. The van der Waals surface area contributed by atoms with Crippen molar-refractivity contribution in [2.45, 2.75) is 25.8 Å². The fourth-order valence-corrected chi connectivity index (χ4v) is 4.25. The Labute approximate surface area is 205 Å². The van der Waals surface area contributed by atoms with Gasteiger partial charge in [-0.1, -0.05) is 19.4 Å². The maximum Gasteiger partial charge on any atom is 0.228 e. The standard InChI is InChI=1S/C24H26F2N8O.3H2/c1-2-4-18(16-6-5-15(25)13-17(16)26)29-20-14-19(30-24(31-20)33-9-11-35-12-10-33)21-22(27)32-34-8-3-7-28-23(21)34;;;/h3,5-8,13-14,18H,2,4,9-12H2,1H3,(H2,27,32)(H,29,30,31);3*1H/t18-;;;/m0.../s1. The second-order valence-corrected chi connectivity index (χ2v) is 8.34. The number of benzene rings is 1. The van der Waals surface area contributed by atoms with Crippen molar-refractivity contribution in [3.63, 3.8) is 0 Å². The summed E-state index contributed by atoms with van der Waals surface area (Å²) in [5.74, 6) is 0.0633. The number of aromatic nitrogens is 5. The molecule has 0 amide bonds. The maximum absolute atomic E-state index is 14.7. The van der Waals surface area contributed by atoms with E-state index in [2.05, 4.69) is 15.4 Å². The monoisotopic (exact) mass is 486 g/mol. The molecule has 9 nitrogen and oxygen atoms in total. The van der Waals surface area contributed by atoms with E-state index in [1.807, 2.05) is 11.8 Å². The van der Waals surface area contributed by atoms with E-state index in [0.29, 0.717) is 67.0 Å². The molecule has 3 aromatic heterocycles. The van der Waals surface area contributed by atoms with Crippen LogP contribution in [0.15, 0.2) is 42.7 Å². The van der Waals surface area contributed by atoms with Crippen molar-refractivity contribution in [1.82, 2.24) is 24.6 Å². The molecule has 0 saturated carbocycles. The number of ether oxygens (including phenoxy) is 1. The molecular weight excluding hydrogens is 454 g/mol. The van der Waals surface area contributed by atoms with Gasteiger partial charge in [0.2, 0.25) is 5.95 Å². The number of nitrogens with two attached hydrogens (primary N) is 1. The normalized spacial score (nSPS) is 14.9. The van der Waals surface area contributed by atoms with Crippen LogP contribution in [-0.4, -0.2) is 50.9 Å². The van der Waals surface area contributed by atoms with E-state index in [4.69, 9.17) is 20.4 Å². The number of nitrogen functional groups attached to an aromatic ring is 1. The topological polar surface area (TPSA) is 106 Å². The number of nitrogens with zero attached hydrogens (tertiary/aromatic N) is 6. The van der Waals surface area contributed by atoms with Gasteiger partial charge < -0.3 is 20.7 Å². The molecule has 0 spiro atoms. The Kier molecular flexibility index (Phi) is 6.41. The second-order valence-electron chi connectivity index (χ2n) is 8.34.